The first-order chi connectivity index (χ1) is 12.7. The van der Waals surface area contributed by atoms with Crippen LogP contribution in [-0.2, 0) is 0 Å². The molecule has 132 valence electrons. The first kappa shape index (κ1) is 16.5. The summed E-state index contributed by atoms with van der Waals surface area (Å²) in [6.45, 7) is 4.27. The van der Waals surface area contributed by atoms with Gasteiger partial charge in [-0.15, -0.1) is 0 Å². The Morgan fingerprint density at radius 1 is 1.04 bits per heavy atom. The third-order valence-corrected chi connectivity index (χ3v) is 4.88. The van der Waals surface area contributed by atoms with E-state index < -0.39 is 0 Å². The Morgan fingerprint density at radius 3 is 2.58 bits per heavy atom. The molecule has 0 atom stereocenters. The quantitative estimate of drug-likeness (QED) is 0.773. The van der Waals surface area contributed by atoms with Gasteiger partial charge in [0.25, 0.3) is 5.91 Å². The first-order valence-corrected chi connectivity index (χ1v) is 9.08. The fraction of sp³-hybridized carbons (Fsp3) is 0.286. The van der Waals surface area contributed by atoms with E-state index in [1.54, 1.807) is 24.5 Å². The number of aryl methyl sites for hydroxylation is 1. The number of hydrogen-bond donors (Lipinski definition) is 1. The van der Waals surface area contributed by atoms with E-state index in [1.807, 2.05) is 18.2 Å². The Labute approximate surface area is 153 Å². The highest BCUT2D eigenvalue weighted by molar-refractivity contribution is 6.05. The number of fused-ring (bicyclic) bond motifs is 1. The van der Waals surface area contributed by atoms with Crippen LogP contribution in [-0.4, -0.2) is 29.0 Å². The Hall–Kier alpha value is -2.95. The second-order valence-corrected chi connectivity index (χ2v) is 6.77. The number of aromatic nitrogens is 2. The maximum Gasteiger partial charge on any atom is 0.255 e. The fourth-order valence-corrected chi connectivity index (χ4v) is 3.45. The highest BCUT2D eigenvalue weighted by atomic mass is 16.1. The average Bonchev–Trinajstić information content (AvgIpc) is 2.69. The van der Waals surface area contributed by atoms with Crippen molar-refractivity contribution in [3.05, 3.63) is 59.9 Å². The van der Waals surface area contributed by atoms with Crippen LogP contribution in [0, 0.1) is 6.92 Å². The lowest BCUT2D eigenvalue weighted by atomic mass is 10.1. The minimum absolute atomic E-state index is 0.137. The van der Waals surface area contributed by atoms with Gasteiger partial charge < -0.3 is 10.2 Å². The molecular formula is C21H22N4O. The molecule has 0 saturated carbocycles. The van der Waals surface area contributed by atoms with Gasteiger partial charge in [-0.25, -0.2) is 4.98 Å². The number of benzene rings is 1. The number of amides is 1. The highest BCUT2D eigenvalue weighted by Crippen LogP contribution is 2.27. The second-order valence-electron chi connectivity index (χ2n) is 6.77. The number of piperidine rings is 1. The Kier molecular flexibility index (Phi) is 4.52. The van der Waals surface area contributed by atoms with Gasteiger partial charge in [0.2, 0.25) is 0 Å². The molecule has 4 rings (SSSR count). The van der Waals surface area contributed by atoms with E-state index >= 15 is 0 Å². The molecule has 2 aromatic heterocycles. The molecule has 0 bridgehead atoms. The topological polar surface area (TPSA) is 58.1 Å². The van der Waals surface area contributed by atoms with E-state index in [9.17, 15) is 4.79 Å². The molecule has 1 saturated heterocycles. The van der Waals surface area contributed by atoms with Crippen LogP contribution in [0.1, 0.15) is 35.2 Å². The van der Waals surface area contributed by atoms with E-state index in [1.165, 1.54) is 24.8 Å². The normalized spacial score (nSPS) is 14.4. The zero-order valence-corrected chi connectivity index (χ0v) is 14.9. The van der Waals surface area contributed by atoms with Crippen LogP contribution in [0.15, 0.2) is 48.8 Å². The standard InChI is InChI=1S/C21H22N4O/c1-15-13-20(25-11-3-2-4-12-25)24-19-6-5-17(14-18(15)19)23-21(26)16-7-9-22-10-8-16/h5-10,13-14H,2-4,11-12H2,1H3,(H,23,26). The van der Waals surface area contributed by atoms with E-state index in [0.717, 1.165) is 35.5 Å². The van der Waals surface area contributed by atoms with E-state index in [-0.39, 0.29) is 5.91 Å². The third-order valence-electron chi connectivity index (χ3n) is 4.88. The minimum atomic E-state index is -0.137. The highest BCUT2D eigenvalue weighted by Gasteiger charge is 2.14. The minimum Gasteiger partial charge on any atom is -0.357 e. The number of pyridine rings is 2. The number of rotatable bonds is 3. The van der Waals surface area contributed by atoms with Gasteiger partial charge in [0.05, 0.1) is 5.52 Å². The summed E-state index contributed by atoms with van der Waals surface area (Å²) in [5, 5.41) is 4.02. The lowest BCUT2D eigenvalue weighted by molar-refractivity contribution is 0.102. The molecule has 5 heteroatoms. The summed E-state index contributed by atoms with van der Waals surface area (Å²) in [5.41, 5.74) is 3.51. The van der Waals surface area contributed by atoms with Crippen molar-refractivity contribution in [2.45, 2.75) is 26.2 Å². The summed E-state index contributed by atoms with van der Waals surface area (Å²) in [6.07, 6.45) is 7.01. The summed E-state index contributed by atoms with van der Waals surface area (Å²) in [5.74, 6) is 0.922. The molecular weight excluding hydrogens is 324 g/mol. The molecule has 0 radical (unpaired) electrons. The SMILES string of the molecule is Cc1cc(N2CCCCC2)nc2ccc(NC(=O)c3ccncc3)cc12. The predicted molar refractivity (Wildman–Crippen MR) is 105 cm³/mol. The van der Waals surface area contributed by atoms with Crippen molar-refractivity contribution in [3.8, 4) is 0 Å². The number of nitrogens with one attached hydrogen (secondary N) is 1. The van der Waals surface area contributed by atoms with E-state index in [0.29, 0.717) is 5.56 Å². The van der Waals surface area contributed by atoms with Crippen molar-refractivity contribution in [1.82, 2.24) is 9.97 Å². The van der Waals surface area contributed by atoms with Crippen LogP contribution in [0.5, 0.6) is 0 Å². The van der Waals surface area contributed by atoms with Gasteiger partial charge in [0, 0.05) is 42.1 Å². The van der Waals surface area contributed by atoms with Crippen molar-refractivity contribution in [2.24, 2.45) is 0 Å². The maximum absolute atomic E-state index is 12.3. The van der Waals surface area contributed by atoms with Gasteiger partial charge in [-0.1, -0.05) is 0 Å². The molecule has 1 amide bonds. The summed E-state index contributed by atoms with van der Waals surface area (Å²) in [4.78, 5) is 23.5. The van der Waals surface area contributed by atoms with Crippen molar-refractivity contribution < 1.29 is 4.79 Å². The molecule has 5 nitrogen and oxygen atoms in total. The first-order valence-electron chi connectivity index (χ1n) is 9.08. The van der Waals surface area contributed by atoms with Crippen LogP contribution < -0.4 is 10.2 Å². The molecule has 3 aromatic rings. The van der Waals surface area contributed by atoms with E-state index in [2.05, 4.69) is 28.2 Å². The lowest BCUT2D eigenvalue weighted by Gasteiger charge is -2.28. The summed E-state index contributed by atoms with van der Waals surface area (Å²) >= 11 is 0. The number of carbonyl (C=O) groups excluding carboxylic acids is 1. The molecule has 0 unspecified atom stereocenters. The molecule has 1 N–H and O–H groups in total. The summed E-state index contributed by atoms with van der Waals surface area (Å²) in [7, 11) is 0. The van der Waals surface area contributed by atoms with Gasteiger partial charge in [0.1, 0.15) is 5.82 Å². The Morgan fingerprint density at radius 2 is 1.81 bits per heavy atom. The molecule has 0 spiro atoms. The van der Waals surface area contributed by atoms with Crippen LogP contribution in [0.2, 0.25) is 0 Å². The smallest absolute Gasteiger partial charge is 0.255 e. The number of anilines is 2. The fourth-order valence-electron chi connectivity index (χ4n) is 3.45. The zero-order valence-electron chi connectivity index (χ0n) is 14.9. The van der Waals surface area contributed by atoms with Gasteiger partial charge in [0.15, 0.2) is 0 Å². The summed E-state index contributed by atoms with van der Waals surface area (Å²) < 4.78 is 0. The Bertz CT molecular complexity index is 933. The molecule has 1 fully saturated rings. The number of hydrogen-bond acceptors (Lipinski definition) is 4. The number of nitrogens with zero attached hydrogens (tertiary/aromatic N) is 3. The molecule has 1 aliphatic heterocycles. The van der Waals surface area contributed by atoms with Crippen LogP contribution in [0.3, 0.4) is 0 Å². The molecule has 3 heterocycles. The monoisotopic (exact) mass is 346 g/mol. The average molecular weight is 346 g/mol. The predicted octanol–water partition coefficient (Wildman–Crippen LogP) is 4.18. The van der Waals surface area contributed by atoms with Crippen molar-refractivity contribution in [1.29, 1.82) is 0 Å². The van der Waals surface area contributed by atoms with Crippen LogP contribution in [0.4, 0.5) is 11.5 Å². The van der Waals surface area contributed by atoms with Crippen LogP contribution >= 0.6 is 0 Å². The van der Waals surface area contributed by atoms with Gasteiger partial charge in [-0.3, -0.25) is 9.78 Å². The summed E-state index contributed by atoms with van der Waals surface area (Å²) in [6, 6.07) is 11.5. The molecule has 0 aliphatic carbocycles. The van der Waals surface area contributed by atoms with Crippen molar-refractivity contribution in [2.75, 3.05) is 23.3 Å². The van der Waals surface area contributed by atoms with Gasteiger partial charge in [-0.2, -0.15) is 0 Å². The zero-order chi connectivity index (χ0) is 17.9. The molecule has 26 heavy (non-hydrogen) atoms. The number of carbonyl (C=O) groups is 1. The molecule has 1 aromatic carbocycles. The van der Waals surface area contributed by atoms with Crippen molar-refractivity contribution >= 4 is 28.3 Å². The van der Waals surface area contributed by atoms with Crippen molar-refractivity contribution in [3.63, 3.8) is 0 Å². The maximum atomic E-state index is 12.3. The van der Waals surface area contributed by atoms with Gasteiger partial charge >= 0.3 is 0 Å². The second kappa shape index (κ2) is 7.12. The third kappa shape index (κ3) is 3.38. The lowest BCUT2D eigenvalue weighted by Crippen LogP contribution is -2.30. The van der Waals surface area contributed by atoms with E-state index in [4.69, 9.17) is 4.98 Å². The molecule has 1 aliphatic rings. The largest absolute Gasteiger partial charge is 0.357 e. The Balaban J connectivity index is 1.61. The van der Waals surface area contributed by atoms with Crippen LogP contribution in [0.25, 0.3) is 10.9 Å². The van der Waals surface area contributed by atoms with Gasteiger partial charge in [-0.05, 0) is 68.1 Å².